The van der Waals surface area contributed by atoms with Crippen LogP contribution in [0.15, 0.2) is 158 Å². The molecule has 4 heterocycles. The zero-order chi connectivity index (χ0) is 31.3. The van der Waals surface area contributed by atoms with Gasteiger partial charge >= 0.3 is 0 Å². The molecule has 10 aromatic rings. The topological polar surface area (TPSA) is 35.6 Å². The Bertz CT molecular complexity index is 2950. The van der Waals surface area contributed by atoms with Crippen molar-refractivity contribution in [3.63, 3.8) is 0 Å². The molecule has 1 aliphatic heterocycles. The summed E-state index contributed by atoms with van der Waals surface area (Å²) in [7, 11) is 0. The van der Waals surface area contributed by atoms with Gasteiger partial charge in [-0.1, -0.05) is 121 Å². The van der Waals surface area contributed by atoms with E-state index >= 15 is 0 Å². The van der Waals surface area contributed by atoms with Crippen molar-refractivity contribution in [3.05, 3.63) is 158 Å². The van der Waals surface area contributed by atoms with Gasteiger partial charge < -0.3 is 4.57 Å². The first-order chi connectivity index (χ1) is 23.8. The molecule has 222 valence electrons. The van der Waals surface area contributed by atoms with Crippen LogP contribution in [0.3, 0.4) is 0 Å². The van der Waals surface area contributed by atoms with E-state index in [-0.39, 0.29) is 0 Å². The van der Waals surface area contributed by atoms with Crippen LogP contribution < -0.4 is 0 Å². The molecule has 11 rings (SSSR count). The van der Waals surface area contributed by atoms with Gasteiger partial charge in [-0.3, -0.25) is 4.57 Å². The van der Waals surface area contributed by atoms with Crippen LogP contribution in [0.2, 0.25) is 0 Å². The Morgan fingerprint density at radius 2 is 1.00 bits per heavy atom. The minimum Gasteiger partial charge on any atom is -0.308 e. The standard InChI is InChI=1S/C44H26N4/c1-2-13-27(14-3-1)42-33-18-4-8-21-37(33)45-44(46-42)48-40-24-11-7-17-30(40)36-25-34-32-20-12-19-31-28-15-5-9-22-38(28)47(43(31)32)39-23-10-6-16-29(39)35(34)26-41(36)48/h1-26H. The van der Waals surface area contributed by atoms with Gasteiger partial charge in [0.25, 0.3) is 0 Å². The van der Waals surface area contributed by atoms with E-state index in [1.807, 2.05) is 6.07 Å². The summed E-state index contributed by atoms with van der Waals surface area (Å²) in [6, 6.07) is 56.5. The van der Waals surface area contributed by atoms with Crippen molar-refractivity contribution in [2.75, 3.05) is 0 Å². The molecule has 3 aromatic heterocycles. The zero-order valence-corrected chi connectivity index (χ0v) is 25.8. The molecule has 0 amide bonds. The predicted octanol–water partition coefficient (Wildman–Crippen LogP) is 11.1. The third kappa shape index (κ3) is 3.38. The molecule has 0 bridgehead atoms. The fourth-order valence-corrected chi connectivity index (χ4v) is 8.04. The van der Waals surface area contributed by atoms with Crippen LogP contribution in [0.25, 0.3) is 99.7 Å². The largest absolute Gasteiger partial charge is 0.308 e. The quantitative estimate of drug-likeness (QED) is 0.195. The van der Waals surface area contributed by atoms with Gasteiger partial charge in [0.2, 0.25) is 5.95 Å². The molecule has 0 atom stereocenters. The third-order valence-electron chi connectivity index (χ3n) is 10.1. The lowest BCUT2D eigenvalue weighted by molar-refractivity contribution is 1.01. The molecular weight excluding hydrogens is 585 g/mol. The lowest BCUT2D eigenvalue weighted by Crippen LogP contribution is -2.03. The second kappa shape index (κ2) is 9.50. The zero-order valence-electron chi connectivity index (χ0n) is 25.8. The number of fused-ring (bicyclic) bond motifs is 12. The predicted molar refractivity (Wildman–Crippen MR) is 198 cm³/mol. The summed E-state index contributed by atoms with van der Waals surface area (Å²) < 4.78 is 4.72. The van der Waals surface area contributed by atoms with Crippen molar-refractivity contribution in [3.8, 4) is 45.1 Å². The monoisotopic (exact) mass is 610 g/mol. The first kappa shape index (κ1) is 25.6. The molecule has 4 heteroatoms. The highest BCUT2D eigenvalue weighted by atomic mass is 15.2. The van der Waals surface area contributed by atoms with Crippen LogP contribution in [-0.4, -0.2) is 19.1 Å². The van der Waals surface area contributed by atoms with Gasteiger partial charge in [0.15, 0.2) is 0 Å². The van der Waals surface area contributed by atoms with Crippen LogP contribution in [0.5, 0.6) is 0 Å². The number of hydrogen-bond acceptors (Lipinski definition) is 2. The van der Waals surface area contributed by atoms with E-state index in [2.05, 4.69) is 161 Å². The van der Waals surface area contributed by atoms with E-state index in [0.29, 0.717) is 5.95 Å². The summed E-state index contributed by atoms with van der Waals surface area (Å²) in [5.41, 5.74) is 13.6. The summed E-state index contributed by atoms with van der Waals surface area (Å²) in [6.45, 7) is 0. The number of para-hydroxylation sites is 5. The first-order valence-electron chi connectivity index (χ1n) is 16.4. The number of hydrogen-bond donors (Lipinski definition) is 0. The smallest absolute Gasteiger partial charge is 0.235 e. The van der Waals surface area contributed by atoms with Gasteiger partial charge in [-0.15, -0.1) is 0 Å². The Hall–Kier alpha value is -6.52. The molecule has 7 aromatic carbocycles. The molecule has 0 spiro atoms. The Balaban J connectivity index is 1.29. The Kier molecular flexibility index (Phi) is 5.08. The molecule has 0 N–H and O–H groups in total. The third-order valence-corrected chi connectivity index (χ3v) is 10.1. The van der Waals surface area contributed by atoms with Crippen LogP contribution in [-0.2, 0) is 0 Å². The summed E-state index contributed by atoms with van der Waals surface area (Å²) in [4.78, 5) is 10.5. The normalized spacial score (nSPS) is 12.2. The molecule has 0 saturated carbocycles. The van der Waals surface area contributed by atoms with Crippen molar-refractivity contribution in [2.24, 2.45) is 0 Å². The molecule has 4 nitrogen and oxygen atoms in total. The first-order valence-corrected chi connectivity index (χ1v) is 16.4. The van der Waals surface area contributed by atoms with E-state index in [1.165, 1.54) is 60.5 Å². The highest BCUT2D eigenvalue weighted by Gasteiger charge is 2.26. The fraction of sp³-hybridized carbons (Fsp3) is 0. The lowest BCUT2D eigenvalue weighted by Gasteiger charge is -2.14. The Labute approximate surface area is 275 Å². The van der Waals surface area contributed by atoms with E-state index in [9.17, 15) is 0 Å². The summed E-state index contributed by atoms with van der Waals surface area (Å²) in [6.07, 6.45) is 0. The lowest BCUT2D eigenvalue weighted by atomic mass is 9.92. The molecule has 1 aliphatic rings. The van der Waals surface area contributed by atoms with Gasteiger partial charge in [-0.25, -0.2) is 9.97 Å². The minimum absolute atomic E-state index is 0.667. The van der Waals surface area contributed by atoms with Crippen LogP contribution in [0.1, 0.15) is 0 Å². The van der Waals surface area contributed by atoms with Gasteiger partial charge in [0, 0.05) is 43.6 Å². The van der Waals surface area contributed by atoms with Gasteiger partial charge in [0.05, 0.1) is 39.0 Å². The summed E-state index contributed by atoms with van der Waals surface area (Å²) >= 11 is 0. The minimum atomic E-state index is 0.667. The molecule has 0 saturated heterocycles. The maximum absolute atomic E-state index is 5.33. The SMILES string of the molecule is c1ccc(-c2nc(-n3c4ccccc4c4cc5c(cc43)-c3ccccc3-n3c4ccccc4c4cccc-5c43)nc3ccccc23)cc1. The van der Waals surface area contributed by atoms with Crippen LogP contribution in [0.4, 0.5) is 0 Å². The molecule has 0 radical (unpaired) electrons. The fourth-order valence-electron chi connectivity index (χ4n) is 8.04. The average Bonchev–Trinajstić information content (AvgIpc) is 3.63. The Morgan fingerprint density at radius 3 is 1.85 bits per heavy atom. The molecule has 0 fully saturated rings. The maximum atomic E-state index is 5.33. The van der Waals surface area contributed by atoms with Crippen molar-refractivity contribution in [2.45, 2.75) is 0 Å². The van der Waals surface area contributed by atoms with Gasteiger partial charge in [-0.05, 0) is 47.5 Å². The number of nitrogens with zero attached hydrogens (tertiary/aromatic N) is 4. The number of rotatable bonds is 2. The molecule has 48 heavy (non-hydrogen) atoms. The van der Waals surface area contributed by atoms with Crippen molar-refractivity contribution in [1.29, 1.82) is 0 Å². The highest BCUT2D eigenvalue weighted by Crippen LogP contribution is 2.49. The maximum Gasteiger partial charge on any atom is 0.235 e. The second-order valence-electron chi connectivity index (χ2n) is 12.6. The molecular formula is C44H26N4. The van der Waals surface area contributed by atoms with Crippen LogP contribution in [0, 0.1) is 0 Å². The van der Waals surface area contributed by atoms with Crippen LogP contribution >= 0.6 is 0 Å². The van der Waals surface area contributed by atoms with Crippen molar-refractivity contribution in [1.82, 2.24) is 19.1 Å². The van der Waals surface area contributed by atoms with Crippen molar-refractivity contribution >= 4 is 54.5 Å². The second-order valence-corrected chi connectivity index (χ2v) is 12.6. The highest BCUT2D eigenvalue weighted by molar-refractivity contribution is 6.19. The average molecular weight is 611 g/mol. The summed E-state index contributed by atoms with van der Waals surface area (Å²) in [5.74, 6) is 0.667. The van der Waals surface area contributed by atoms with E-state index in [1.54, 1.807) is 0 Å². The van der Waals surface area contributed by atoms with E-state index in [4.69, 9.17) is 9.97 Å². The number of benzene rings is 7. The van der Waals surface area contributed by atoms with E-state index in [0.717, 1.165) is 33.2 Å². The van der Waals surface area contributed by atoms with Gasteiger partial charge in [-0.2, -0.15) is 0 Å². The van der Waals surface area contributed by atoms with Gasteiger partial charge in [0.1, 0.15) is 0 Å². The number of aromatic nitrogens is 4. The summed E-state index contributed by atoms with van der Waals surface area (Å²) in [5, 5.41) is 5.94. The van der Waals surface area contributed by atoms with Crippen molar-refractivity contribution < 1.29 is 0 Å². The Morgan fingerprint density at radius 1 is 0.375 bits per heavy atom. The molecule has 0 aliphatic carbocycles. The van der Waals surface area contributed by atoms with E-state index < -0.39 is 0 Å². The molecule has 0 unspecified atom stereocenters.